The van der Waals surface area contributed by atoms with Gasteiger partial charge in [0.2, 0.25) is 0 Å². The molecule has 0 fully saturated rings. The molecule has 0 aromatic heterocycles. The number of nitrogens with zero attached hydrogens (tertiary/aromatic N) is 1. The molecule has 0 aliphatic carbocycles. The van der Waals surface area contributed by atoms with E-state index in [1.807, 2.05) is 25.3 Å². The molecule has 1 aromatic carbocycles. The molecule has 1 amide bonds. The number of carbonyl (C=O) groups is 1. The summed E-state index contributed by atoms with van der Waals surface area (Å²) in [5, 5.41) is 2.23. The standard InChI is InChI=1S/C18H32BrNO2Si2/c1-18(2,3)22-17(21)20(24(7,8)9)15-11-10-14(13-19)16(12-15)23(4,5)6/h10-12H,13H2,1-9H3. The number of ether oxygens (including phenoxy) is 1. The maximum absolute atomic E-state index is 12.9. The molecule has 0 saturated heterocycles. The van der Waals surface area contributed by atoms with E-state index >= 15 is 0 Å². The molecule has 0 bridgehead atoms. The Morgan fingerprint density at radius 2 is 1.67 bits per heavy atom. The molecular formula is C18H32BrNO2Si2. The number of rotatable bonds is 4. The first-order valence-corrected chi connectivity index (χ1v) is 16.5. The quantitative estimate of drug-likeness (QED) is 0.453. The number of hydrogen-bond acceptors (Lipinski definition) is 2. The molecule has 1 aromatic rings. The molecule has 0 unspecified atom stereocenters. The lowest BCUT2D eigenvalue weighted by molar-refractivity contribution is 0.0605. The van der Waals surface area contributed by atoms with Crippen LogP contribution in [0.2, 0.25) is 39.3 Å². The Balaban J connectivity index is 3.43. The Hall–Kier alpha value is -0.596. The van der Waals surface area contributed by atoms with E-state index in [1.54, 1.807) is 0 Å². The zero-order chi connectivity index (χ0) is 18.9. The van der Waals surface area contributed by atoms with Gasteiger partial charge in [0, 0.05) is 11.0 Å². The van der Waals surface area contributed by atoms with Gasteiger partial charge in [-0.25, -0.2) is 4.79 Å². The minimum atomic E-state index is -1.94. The van der Waals surface area contributed by atoms with Gasteiger partial charge in [0.25, 0.3) is 0 Å². The summed E-state index contributed by atoms with van der Waals surface area (Å²) in [6, 6.07) is 6.42. The number of anilines is 1. The molecule has 0 aliphatic heterocycles. The van der Waals surface area contributed by atoms with Gasteiger partial charge in [0.15, 0.2) is 8.24 Å². The first-order valence-electron chi connectivity index (χ1n) is 8.39. The zero-order valence-corrected chi connectivity index (χ0v) is 20.2. The average Bonchev–Trinajstić information content (AvgIpc) is 2.33. The van der Waals surface area contributed by atoms with Crippen molar-refractivity contribution in [2.45, 2.75) is 71.0 Å². The van der Waals surface area contributed by atoms with E-state index in [-0.39, 0.29) is 6.09 Å². The molecule has 1 rings (SSSR count). The summed E-state index contributed by atoms with van der Waals surface area (Å²) in [6.07, 6.45) is -0.241. The Morgan fingerprint density at radius 1 is 1.12 bits per heavy atom. The van der Waals surface area contributed by atoms with Crippen molar-refractivity contribution in [2.75, 3.05) is 4.57 Å². The predicted molar refractivity (Wildman–Crippen MR) is 114 cm³/mol. The summed E-state index contributed by atoms with van der Waals surface area (Å²) in [7, 11) is -3.45. The van der Waals surface area contributed by atoms with E-state index < -0.39 is 21.9 Å². The van der Waals surface area contributed by atoms with Crippen LogP contribution in [-0.4, -0.2) is 28.0 Å². The second kappa shape index (κ2) is 7.34. The molecule has 0 N–H and O–H groups in total. The van der Waals surface area contributed by atoms with Crippen molar-refractivity contribution >= 4 is 49.2 Å². The third-order valence-corrected chi connectivity index (χ3v) is 8.02. The van der Waals surface area contributed by atoms with Crippen LogP contribution < -0.4 is 9.75 Å². The van der Waals surface area contributed by atoms with Crippen molar-refractivity contribution in [3.63, 3.8) is 0 Å². The third-order valence-electron chi connectivity index (χ3n) is 3.55. The molecule has 3 nitrogen and oxygen atoms in total. The molecule has 0 saturated carbocycles. The maximum atomic E-state index is 12.9. The van der Waals surface area contributed by atoms with E-state index in [2.05, 4.69) is 73.4 Å². The highest BCUT2D eigenvalue weighted by Crippen LogP contribution is 2.26. The second-order valence-electron chi connectivity index (χ2n) is 9.21. The lowest BCUT2D eigenvalue weighted by atomic mass is 10.2. The maximum Gasteiger partial charge on any atom is 0.406 e. The summed E-state index contributed by atoms with van der Waals surface area (Å²) >= 11 is 3.60. The lowest BCUT2D eigenvalue weighted by Crippen LogP contribution is -2.52. The molecule has 0 atom stereocenters. The van der Waals surface area contributed by atoms with Gasteiger partial charge >= 0.3 is 6.09 Å². The van der Waals surface area contributed by atoms with E-state index in [0.717, 1.165) is 11.0 Å². The molecule has 0 aliphatic rings. The van der Waals surface area contributed by atoms with E-state index in [4.69, 9.17) is 4.74 Å². The van der Waals surface area contributed by atoms with E-state index in [9.17, 15) is 4.79 Å². The smallest absolute Gasteiger partial charge is 0.406 e. The van der Waals surface area contributed by atoms with Gasteiger partial charge in [0.1, 0.15) is 5.60 Å². The number of carbonyl (C=O) groups excluding carboxylic acids is 1. The fourth-order valence-corrected chi connectivity index (χ4v) is 6.56. The number of hydrogen-bond donors (Lipinski definition) is 0. The zero-order valence-electron chi connectivity index (χ0n) is 16.6. The van der Waals surface area contributed by atoms with Crippen LogP contribution in [0, 0.1) is 0 Å². The first kappa shape index (κ1) is 21.4. The highest BCUT2D eigenvalue weighted by molar-refractivity contribution is 9.08. The van der Waals surface area contributed by atoms with Crippen molar-refractivity contribution < 1.29 is 9.53 Å². The van der Waals surface area contributed by atoms with Gasteiger partial charge in [0.05, 0.1) is 8.07 Å². The lowest BCUT2D eigenvalue weighted by Gasteiger charge is -2.36. The summed E-state index contributed by atoms with van der Waals surface area (Å²) in [6.45, 7) is 19.3. The van der Waals surface area contributed by atoms with Crippen LogP contribution in [0.25, 0.3) is 0 Å². The van der Waals surface area contributed by atoms with Gasteiger partial charge in [-0.05, 0) is 38.5 Å². The molecule has 0 spiro atoms. The number of benzene rings is 1. The van der Waals surface area contributed by atoms with E-state index in [0.29, 0.717) is 0 Å². The molecule has 136 valence electrons. The van der Waals surface area contributed by atoms with Crippen LogP contribution in [0.5, 0.6) is 0 Å². The average molecular weight is 431 g/mol. The van der Waals surface area contributed by atoms with Gasteiger partial charge in [-0.15, -0.1) is 0 Å². The minimum Gasteiger partial charge on any atom is -0.444 e. The summed E-state index contributed by atoms with van der Waals surface area (Å²) in [5.41, 5.74) is 1.79. The first-order chi connectivity index (χ1) is 10.7. The van der Waals surface area contributed by atoms with Gasteiger partial charge in [-0.2, -0.15) is 0 Å². The summed E-state index contributed by atoms with van der Waals surface area (Å²) in [4.78, 5) is 12.9. The van der Waals surface area contributed by atoms with E-state index in [1.165, 1.54) is 10.8 Å². The number of halogens is 1. The molecule has 0 heterocycles. The minimum absolute atomic E-state index is 0.241. The molecule has 24 heavy (non-hydrogen) atoms. The van der Waals surface area contributed by atoms with Gasteiger partial charge in [-0.1, -0.05) is 66.5 Å². The second-order valence-corrected chi connectivity index (χ2v) is 19.6. The Kier molecular flexibility index (Phi) is 6.56. The van der Waals surface area contributed by atoms with Crippen molar-refractivity contribution in [2.24, 2.45) is 0 Å². The summed E-state index contributed by atoms with van der Waals surface area (Å²) in [5.74, 6) is 0. The molecule has 0 radical (unpaired) electrons. The molecular weight excluding hydrogens is 398 g/mol. The van der Waals surface area contributed by atoms with Crippen LogP contribution in [0.3, 0.4) is 0 Å². The normalized spacial score (nSPS) is 12.9. The fourth-order valence-electron chi connectivity index (χ4n) is 2.59. The number of amides is 1. The largest absolute Gasteiger partial charge is 0.444 e. The number of alkyl halides is 1. The van der Waals surface area contributed by atoms with Crippen LogP contribution in [0.15, 0.2) is 18.2 Å². The molecule has 6 heteroatoms. The van der Waals surface area contributed by atoms with Crippen molar-refractivity contribution in [1.82, 2.24) is 0 Å². The van der Waals surface area contributed by atoms with Crippen LogP contribution in [0.1, 0.15) is 26.3 Å². The van der Waals surface area contributed by atoms with Crippen molar-refractivity contribution in [3.8, 4) is 0 Å². The van der Waals surface area contributed by atoms with Crippen molar-refractivity contribution in [3.05, 3.63) is 23.8 Å². The summed E-state index contributed by atoms with van der Waals surface area (Å²) < 4.78 is 7.59. The Bertz CT molecular complexity index is 599. The van der Waals surface area contributed by atoms with Crippen molar-refractivity contribution in [1.29, 1.82) is 0 Å². The topological polar surface area (TPSA) is 29.5 Å². The van der Waals surface area contributed by atoms with Crippen LogP contribution >= 0.6 is 15.9 Å². The third kappa shape index (κ3) is 5.74. The Morgan fingerprint density at radius 3 is 2.04 bits per heavy atom. The van der Waals surface area contributed by atoms with Gasteiger partial charge < -0.3 is 9.30 Å². The monoisotopic (exact) mass is 429 g/mol. The highest BCUT2D eigenvalue weighted by atomic mass is 79.9. The van der Waals surface area contributed by atoms with Crippen LogP contribution in [-0.2, 0) is 10.1 Å². The van der Waals surface area contributed by atoms with Gasteiger partial charge in [-0.3, -0.25) is 0 Å². The fraction of sp³-hybridized carbons (Fsp3) is 0.611. The SMILES string of the molecule is CC(C)(C)OC(=O)N(c1ccc(CBr)c([Si](C)(C)C)c1)[Si](C)(C)C. The van der Waals surface area contributed by atoms with Crippen LogP contribution in [0.4, 0.5) is 10.5 Å². The predicted octanol–water partition coefficient (Wildman–Crippen LogP) is 5.70. The Labute approximate surface area is 158 Å². The highest BCUT2D eigenvalue weighted by Gasteiger charge is 2.34.